The molecule has 2 aromatic carbocycles. The van der Waals surface area contributed by atoms with Gasteiger partial charge in [-0.15, -0.1) is 11.8 Å². The molecule has 0 bridgehead atoms. The smallest absolute Gasteiger partial charge is 0.341 e. The standard InChI is InChI=1S/C20H21NO4S/c1-23-14-18(20(22)24-2)17-12-8-7-11-16(17)13-25-21-19(26-3)15-9-5-4-6-10-15/h4-12,14H,13H2,1-3H3/b18-14-,21-19+. The van der Waals surface area contributed by atoms with Gasteiger partial charge >= 0.3 is 5.97 Å². The molecule has 0 unspecified atom stereocenters. The predicted molar refractivity (Wildman–Crippen MR) is 105 cm³/mol. The van der Waals surface area contributed by atoms with Gasteiger partial charge in [0.05, 0.1) is 20.5 Å². The fraction of sp³-hybridized carbons (Fsp3) is 0.200. The molecule has 2 aromatic rings. The van der Waals surface area contributed by atoms with Crippen molar-refractivity contribution in [2.45, 2.75) is 6.61 Å². The molecule has 136 valence electrons. The van der Waals surface area contributed by atoms with Gasteiger partial charge in [-0.05, 0) is 11.8 Å². The molecule has 0 fully saturated rings. The minimum atomic E-state index is -0.475. The van der Waals surface area contributed by atoms with E-state index in [0.29, 0.717) is 11.1 Å². The van der Waals surface area contributed by atoms with Crippen LogP contribution in [0.4, 0.5) is 0 Å². The minimum Gasteiger partial charge on any atom is -0.503 e. The predicted octanol–water partition coefficient (Wildman–Crippen LogP) is 4.09. The molecule has 0 heterocycles. The zero-order chi connectivity index (χ0) is 18.8. The molecule has 5 nitrogen and oxygen atoms in total. The molecule has 6 heteroatoms. The molecule has 0 aliphatic carbocycles. The molecule has 0 N–H and O–H groups in total. The highest BCUT2D eigenvalue weighted by Crippen LogP contribution is 2.22. The van der Waals surface area contributed by atoms with Crippen molar-refractivity contribution in [3.8, 4) is 0 Å². The molecule has 26 heavy (non-hydrogen) atoms. The Morgan fingerprint density at radius 1 is 1.08 bits per heavy atom. The number of hydrogen-bond acceptors (Lipinski definition) is 6. The quantitative estimate of drug-likeness (QED) is 0.183. The van der Waals surface area contributed by atoms with Gasteiger partial charge in [-0.1, -0.05) is 59.8 Å². The third-order valence-electron chi connectivity index (χ3n) is 3.53. The lowest BCUT2D eigenvalue weighted by Crippen LogP contribution is -2.07. The summed E-state index contributed by atoms with van der Waals surface area (Å²) in [5.74, 6) is -0.475. The summed E-state index contributed by atoms with van der Waals surface area (Å²) in [6.07, 6.45) is 3.31. The zero-order valence-electron chi connectivity index (χ0n) is 15.0. The maximum atomic E-state index is 12.0. The van der Waals surface area contributed by atoms with Crippen LogP contribution in [-0.2, 0) is 25.7 Å². The van der Waals surface area contributed by atoms with E-state index in [-0.39, 0.29) is 6.61 Å². The van der Waals surface area contributed by atoms with Crippen LogP contribution in [0.5, 0.6) is 0 Å². The minimum absolute atomic E-state index is 0.213. The number of thioether (sulfide) groups is 1. The van der Waals surface area contributed by atoms with Crippen molar-refractivity contribution in [1.82, 2.24) is 0 Å². The number of ether oxygens (including phenoxy) is 2. The second-order valence-electron chi connectivity index (χ2n) is 5.16. The van der Waals surface area contributed by atoms with Crippen LogP contribution in [0.2, 0.25) is 0 Å². The van der Waals surface area contributed by atoms with Crippen LogP contribution in [0.25, 0.3) is 5.57 Å². The number of carbonyl (C=O) groups is 1. The Morgan fingerprint density at radius 3 is 2.42 bits per heavy atom. The maximum Gasteiger partial charge on any atom is 0.341 e. The summed E-state index contributed by atoms with van der Waals surface area (Å²) >= 11 is 1.50. The van der Waals surface area contributed by atoms with Crippen LogP contribution in [0.1, 0.15) is 16.7 Å². The van der Waals surface area contributed by atoms with E-state index >= 15 is 0 Å². The number of methoxy groups -OCH3 is 2. The lowest BCUT2D eigenvalue weighted by molar-refractivity contribution is -0.133. The van der Waals surface area contributed by atoms with Crippen LogP contribution < -0.4 is 0 Å². The molecule has 2 rings (SSSR count). The molecule has 0 aliphatic rings. The second-order valence-corrected chi connectivity index (χ2v) is 5.95. The van der Waals surface area contributed by atoms with Gasteiger partial charge in [0.25, 0.3) is 0 Å². The number of hydrogen-bond donors (Lipinski definition) is 0. The van der Waals surface area contributed by atoms with Crippen molar-refractivity contribution in [2.75, 3.05) is 20.5 Å². The van der Waals surface area contributed by atoms with Gasteiger partial charge in [0, 0.05) is 11.1 Å². The molecule has 0 aromatic heterocycles. The first kappa shape index (κ1) is 19.6. The highest BCUT2D eigenvalue weighted by Gasteiger charge is 2.16. The Balaban J connectivity index is 2.21. The Kier molecular flexibility index (Phi) is 7.76. The van der Waals surface area contributed by atoms with Crippen LogP contribution in [0.15, 0.2) is 66.0 Å². The molecule has 0 radical (unpaired) electrons. The summed E-state index contributed by atoms with van der Waals surface area (Å²) in [5, 5.41) is 5.01. The summed E-state index contributed by atoms with van der Waals surface area (Å²) < 4.78 is 9.85. The summed E-state index contributed by atoms with van der Waals surface area (Å²) in [6.45, 7) is 0.213. The van der Waals surface area contributed by atoms with Gasteiger partial charge in [-0.25, -0.2) is 4.79 Å². The second kappa shape index (κ2) is 10.3. The number of oxime groups is 1. The summed E-state index contributed by atoms with van der Waals surface area (Å²) in [5.41, 5.74) is 2.80. The van der Waals surface area contributed by atoms with Gasteiger partial charge in [0.2, 0.25) is 0 Å². The molecular weight excluding hydrogens is 350 g/mol. The molecular formula is C20H21NO4S. The topological polar surface area (TPSA) is 57.1 Å². The molecule has 0 spiro atoms. The van der Waals surface area contributed by atoms with E-state index < -0.39 is 5.97 Å². The first-order valence-electron chi connectivity index (χ1n) is 7.90. The van der Waals surface area contributed by atoms with E-state index in [9.17, 15) is 4.79 Å². The SMILES string of the molecule is CO/C=C(\C(=O)OC)c1ccccc1CO/N=C(/SC)c1ccccc1. The van der Waals surface area contributed by atoms with Gasteiger partial charge in [-0.2, -0.15) is 0 Å². The van der Waals surface area contributed by atoms with Crippen molar-refractivity contribution in [1.29, 1.82) is 0 Å². The number of nitrogens with zero attached hydrogens (tertiary/aromatic N) is 1. The average molecular weight is 371 g/mol. The Labute approximate surface area is 157 Å². The molecule has 0 amide bonds. The van der Waals surface area contributed by atoms with E-state index in [2.05, 4.69) is 5.16 Å². The number of carbonyl (C=O) groups excluding carboxylic acids is 1. The summed E-state index contributed by atoms with van der Waals surface area (Å²) in [6, 6.07) is 17.2. The fourth-order valence-corrected chi connectivity index (χ4v) is 2.81. The van der Waals surface area contributed by atoms with Gasteiger partial charge in [0.15, 0.2) is 0 Å². The summed E-state index contributed by atoms with van der Waals surface area (Å²) in [4.78, 5) is 17.6. The lowest BCUT2D eigenvalue weighted by atomic mass is 10.0. The monoisotopic (exact) mass is 371 g/mol. The Hall–Kier alpha value is -2.73. The number of rotatable bonds is 7. The van der Waals surface area contributed by atoms with Gasteiger partial charge in [0.1, 0.15) is 17.2 Å². The zero-order valence-corrected chi connectivity index (χ0v) is 15.8. The Bertz CT molecular complexity index is 787. The highest BCUT2D eigenvalue weighted by molar-refractivity contribution is 8.13. The van der Waals surface area contributed by atoms with Gasteiger partial charge < -0.3 is 14.3 Å². The molecule has 0 aliphatic heterocycles. The summed E-state index contributed by atoms with van der Waals surface area (Å²) in [7, 11) is 2.82. The largest absolute Gasteiger partial charge is 0.503 e. The van der Waals surface area contributed by atoms with Crippen LogP contribution in [-0.4, -0.2) is 31.5 Å². The highest BCUT2D eigenvalue weighted by atomic mass is 32.2. The van der Waals surface area contributed by atoms with E-state index in [1.165, 1.54) is 32.2 Å². The average Bonchev–Trinajstić information content (AvgIpc) is 2.70. The van der Waals surface area contributed by atoms with Crippen LogP contribution >= 0.6 is 11.8 Å². The van der Waals surface area contributed by atoms with E-state index in [0.717, 1.165) is 16.2 Å². The number of benzene rings is 2. The van der Waals surface area contributed by atoms with Crippen molar-refractivity contribution in [2.24, 2.45) is 5.16 Å². The fourth-order valence-electron chi connectivity index (χ4n) is 2.31. The molecule has 0 atom stereocenters. The first-order valence-corrected chi connectivity index (χ1v) is 9.12. The van der Waals surface area contributed by atoms with Crippen molar-refractivity contribution >= 4 is 28.3 Å². The van der Waals surface area contributed by atoms with Crippen LogP contribution in [0.3, 0.4) is 0 Å². The normalized spacial score (nSPS) is 11.8. The van der Waals surface area contributed by atoms with Crippen molar-refractivity contribution < 1.29 is 19.1 Å². The maximum absolute atomic E-state index is 12.0. The van der Waals surface area contributed by atoms with E-state index in [1.807, 2.05) is 60.9 Å². The first-order chi connectivity index (χ1) is 12.7. The third-order valence-corrected chi connectivity index (χ3v) is 4.23. The molecule has 0 saturated heterocycles. The van der Waals surface area contributed by atoms with Crippen molar-refractivity contribution in [3.05, 3.63) is 77.5 Å². The number of esters is 1. The van der Waals surface area contributed by atoms with Crippen LogP contribution in [0, 0.1) is 0 Å². The van der Waals surface area contributed by atoms with Gasteiger partial charge in [-0.3, -0.25) is 0 Å². The Morgan fingerprint density at radius 2 is 1.77 bits per heavy atom. The molecule has 0 saturated carbocycles. The van der Waals surface area contributed by atoms with E-state index in [4.69, 9.17) is 14.3 Å². The third kappa shape index (κ3) is 5.13. The van der Waals surface area contributed by atoms with Crippen molar-refractivity contribution in [3.63, 3.8) is 0 Å². The lowest BCUT2D eigenvalue weighted by Gasteiger charge is -2.11. The van der Waals surface area contributed by atoms with E-state index in [1.54, 1.807) is 0 Å².